The van der Waals surface area contributed by atoms with E-state index in [0.29, 0.717) is 13.1 Å². The van der Waals surface area contributed by atoms with Crippen molar-refractivity contribution in [1.82, 2.24) is 15.4 Å². The van der Waals surface area contributed by atoms with Gasteiger partial charge in [0.05, 0.1) is 5.69 Å². The van der Waals surface area contributed by atoms with Crippen LogP contribution in [0.1, 0.15) is 56.2 Å². The molecule has 8 heteroatoms. The van der Waals surface area contributed by atoms with E-state index in [4.69, 9.17) is 9.26 Å². The maximum absolute atomic E-state index is 14.0. The van der Waals surface area contributed by atoms with E-state index >= 15 is 0 Å². The summed E-state index contributed by atoms with van der Waals surface area (Å²) in [4.78, 5) is 28.8. The minimum absolute atomic E-state index is 0.0949. The molecule has 1 saturated heterocycles. The van der Waals surface area contributed by atoms with Gasteiger partial charge in [-0.2, -0.15) is 0 Å². The van der Waals surface area contributed by atoms with Gasteiger partial charge in [-0.1, -0.05) is 41.6 Å². The van der Waals surface area contributed by atoms with Crippen LogP contribution >= 0.6 is 0 Å². The molecule has 1 aromatic heterocycles. The van der Waals surface area contributed by atoms with Crippen molar-refractivity contribution in [3.8, 4) is 11.1 Å². The van der Waals surface area contributed by atoms with Gasteiger partial charge in [0.15, 0.2) is 5.54 Å². The third kappa shape index (κ3) is 4.50. The van der Waals surface area contributed by atoms with Crippen LogP contribution in [0.2, 0.25) is 0 Å². The SMILES string of the molecule is Cc1noc(C)c1-c1ccc2c(c1)C(c1ccccc1)(N1CCC[C@@H](NC(=O)OC(C)(C)C)C1)C(=O)N2. The minimum Gasteiger partial charge on any atom is -0.444 e. The molecule has 37 heavy (non-hydrogen) atoms. The van der Waals surface area contributed by atoms with Gasteiger partial charge >= 0.3 is 6.09 Å². The highest BCUT2D eigenvalue weighted by atomic mass is 16.6. The molecule has 0 bridgehead atoms. The number of nitrogens with one attached hydrogen (secondary N) is 2. The van der Waals surface area contributed by atoms with E-state index in [1.54, 1.807) is 0 Å². The van der Waals surface area contributed by atoms with Crippen LogP contribution in [0, 0.1) is 13.8 Å². The molecule has 3 heterocycles. The van der Waals surface area contributed by atoms with Gasteiger partial charge in [-0.15, -0.1) is 0 Å². The molecule has 3 aromatic rings. The lowest BCUT2D eigenvalue weighted by Gasteiger charge is -2.44. The molecular formula is C29H34N4O4. The number of amides is 2. The smallest absolute Gasteiger partial charge is 0.407 e. The zero-order valence-electron chi connectivity index (χ0n) is 22.1. The summed E-state index contributed by atoms with van der Waals surface area (Å²) < 4.78 is 10.9. The predicted octanol–water partition coefficient (Wildman–Crippen LogP) is 5.14. The zero-order chi connectivity index (χ0) is 26.4. The van der Waals surface area contributed by atoms with Gasteiger partial charge in [-0.3, -0.25) is 9.69 Å². The minimum atomic E-state index is -1.04. The van der Waals surface area contributed by atoms with Crippen LogP contribution in [0.5, 0.6) is 0 Å². The molecule has 2 atom stereocenters. The second kappa shape index (κ2) is 9.34. The first kappa shape index (κ1) is 25.0. The largest absolute Gasteiger partial charge is 0.444 e. The fraction of sp³-hybridized carbons (Fsp3) is 0.414. The van der Waals surface area contributed by atoms with Crippen LogP contribution in [0.25, 0.3) is 11.1 Å². The molecule has 2 N–H and O–H groups in total. The van der Waals surface area contributed by atoms with E-state index in [1.807, 2.05) is 77.1 Å². The van der Waals surface area contributed by atoms with Crippen molar-refractivity contribution in [2.45, 2.75) is 64.6 Å². The lowest BCUT2D eigenvalue weighted by atomic mass is 9.79. The van der Waals surface area contributed by atoms with E-state index < -0.39 is 17.2 Å². The van der Waals surface area contributed by atoms with E-state index in [-0.39, 0.29) is 11.9 Å². The van der Waals surface area contributed by atoms with Crippen LogP contribution in [-0.4, -0.2) is 46.8 Å². The molecule has 5 rings (SSSR count). The van der Waals surface area contributed by atoms with Crippen molar-refractivity contribution in [3.63, 3.8) is 0 Å². The molecule has 0 spiro atoms. The number of alkyl carbamates (subject to hydrolysis) is 1. The predicted molar refractivity (Wildman–Crippen MR) is 141 cm³/mol. The summed E-state index contributed by atoms with van der Waals surface area (Å²) in [7, 11) is 0. The van der Waals surface area contributed by atoms with Gasteiger partial charge in [0.1, 0.15) is 11.4 Å². The standard InChI is InChI=1S/C29H34N4O4/c1-18-25(19(2)37-32-18)20-13-14-24-23(16-20)29(26(34)31-24,21-10-7-6-8-11-21)33-15-9-12-22(17-33)30-27(35)36-28(3,4)5/h6-8,10-11,13-14,16,22H,9,12,15,17H2,1-5H3,(H,30,35)(H,31,34)/t22-,29?/m1/s1. The number of fused-ring (bicyclic) bond motifs is 1. The van der Waals surface area contributed by atoms with Crippen LogP contribution in [0.3, 0.4) is 0 Å². The summed E-state index contributed by atoms with van der Waals surface area (Å²) in [5.74, 6) is 0.641. The van der Waals surface area contributed by atoms with Gasteiger partial charge in [-0.25, -0.2) is 4.79 Å². The highest BCUT2D eigenvalue weighted by Crippen LogP contribution is 2.48. The molecular weight excluding hydrogens is 468 g/mol. The molecule has 2 amide bonds. The number of aromatic nitrogens is 1. The summed E-state index contributed by atoms with van der Waals surface area (Å²) in [6.45, 7) is 10.6. The second-order valence-corrected chi connectivity index (χ2v) is 10.9. The van der Waals surface area contributed by atoms with E-state index in [0.717, 1.165) is 52.2 Å². The fourth-order valence-corrected chi connectivity index (χ4v) is 5.67. The topological polar surface area (TPSA) is 96.7 Å². The Morgan fingerprint density at radius 2 is 1.95 bits per heavy atom. The summed E-state index contributed by atoms with van der Waals surface area (Å²) in [5.41, 5.74) is 3.63. The molecule has 1 fully saturated rings. The number of anilines is 1. The van der Waals surface area contributed by atoms with Crippen LogP contribution < -0.4 is 10.6 Å². The number of rotatable bonds is 4. The number of aryl methyl sites for hydroxylation is 2. The molecule has 2 aliphatic heterocycles. The molecule has 0 saturated carbocycles. The number of carbonyl (C=O) groups excluding carboxylic acids is 2. The van der Waals surface area contributed by atoms with Crippen molar-refractivity contribution in [2.24, 2.45) is 0 Å². The third-order valence-electron chi connectivity index (χ3n) is 7.12. The Morgan fingerprint density at radius 3 is 2.62 bits per heavy atom. The lowest BCUT2D eigenvalue weighted by Crippen LogP contribution is -2.59. The van der Waals surface area contributed by atoms with E-state index in [2.05, 4.69) is 26.8 Å². The average molecular weight is 503 g/mol. The summed E-state index contributed by atoms with van der Waals surface area (Å²) >= 11 is 0. The highest BCUT2D eigenvalue weighted by Gasteiger charge is 2.53. The number of carbonyl (C=O) groups is 2. The van der Waals surface area contributed by atoms with E-state index in [9.17, 15) is 9.59 Å². The zero-order valence-corrected chi connectivity index (χ0v) is 22.1. The molecule has 8 nitrogen and oxygen atoms in total. The monoisotopic (exact) mass is 502 g/mol. The maximum atomic E-state index is 14.0. The Labute approximate surface area is 217 Å². The Morgan fingerprint density at radius 1 is 1.19 bits per heavy atom. The molecule has 0 aliphatic carbocycles. The van der Waals surface area contributed by atoms with Crippen molar-refractivity contribution in [1.29, 1.82) is 0 Å². The van der Waals surface area contributed by atoms with Crippen LogP contribution in [0.15, 0.2) is 53.1 Å². The van der Waals surface area contributed by atoms with Gasteiger partial charge < -0.3 is 19.9 Å². The van der Waals surface area contributed by atoms with Crippen molar-refractivity contribution < 1.29 is 18.8 Å². The van der Waals surface area contributed by atoms with Crippen molar-refractivity contribution in [3.05, 3.63) is 71.1 Å². The number of benzene rings is 2. The highest BCUT2D eigenvalue weighted by molar-refractivity contribution is 6.09. The summed E-state index contributed by atoms with van der Waals surface area (Å²) in [6, 6.07) is 15.8. The number of hydrogen-bond acceptors (Lipinski definition) is 6. The number of hydrogen-bond donors (Lipinski definition) is 2. The molecule has 1 unspecified atom stereocenters. The maximum Gasteiger partial charge on any atom is 0.407 e. The van der Waals surface area contributed by atoms with Crippen LogP contribution in [0.4, 0.5) is 10.5 Å². The molecule has 0 radical (unpaired) electrons. The number of nitrogens with zero attached hydrogens (tertiary/aromatic N) is 2. The molecule has 2 aliphatic rings. The van der Waals surface area contributed by atoms with Crippen LogP contribution in [-0.2, 0) is 15.1 Å². The Balaban J connectivity index is 1.58. The summed E-state index contributed by atoms with van der Waals surface area (Å²) in [5, 5.41) is 10.3. The average Bonchev–Trinajstić information content (AvgIpc) is 3.33. The van der Waals surface area contributed by atoms with Gasteiger partial charge in [-0.05, 0) is 77.3 Å². The first-order valence-electron chi connectivity index (χ1n) is 12.8. The number of likely N-dealkylation sites (tertiary alicyclic amines) is 1. The van der Waals surface area contributed by atoms with E-state index in [1.165, 1.54) is 0 Å². The quantitative estimate of drug-likeness (QED) is 0.513. The van der Waals surface area contributed by atoms with Gasteiger partial charge in [0.2, 0.25) is 0 Å². The molecule has 2 aromatic carbocycles. The fourth-order valence-electron chi connectivity index (χ4n) is 5.67. The number of piperidine rings is 1. The Bertz CT molecular complexity index is 1310. The van der Waals surface area contributed by atoms with Crippen molar-refractivity contribution in [2.75, 3.05) is 18.4 Å². The Hall–Kier alpha value is -3.65. The second-order valence-electron chi connectivity index (χ2n) is 10.9. The first-order valence-corrected chi connectivity index (χ1v) is 12.8. The number of ether oxygens (including phenoxy) is 1. The third-order valence-corrected chi connectivity index (χ3v) is 7.12. The first-order chi connectivity index (χ1) is 17.6. The van der Waals surface area contributed by atoms with Gasteiger partial charge in [0, 0.05) is 29.4 Å². The normalized spacial score (nSPS) is 21.9. The van der Waals surface area contributed by atoms with Gasteiger partial charge in [0.25, 0.3) is 5.91 Å². The lowest BCUT2D eigenvalue weighted by molar-refractivity contribution is -0.126. The Kier molecular flexibility index (Phi) is 6.31. The van der Waals surface area contributed by atoms with Crippen molar-refractivity contribution >= 4 is 17.7 Å². The summed E-state index contributed by atoms with van der Waals surface area (Å²) in [6.07, 6.45) is 1.21. The molecule has 194 valence electrons.